The van der Waals surface area contributed by atoms with Gasteiger partial charge in [-0.25, -0.2) is 5.43 Å². The van der Waals surface area contributed by atoms with Crippen molar-refractivity contribution in [2.45, 2.75) is 39.3 Å². The monoisotopic (exact) mass is 234 g/mol. The molecule has 98 valence electrons. The zero-order chi connectivity index (χ0) is 12.8. The van der Waals surface area contributed by atoms with Crippen LogP contribution < -0.4 is 27.0 Å². The highest BCUT2D eigenvalue weighted by Gasteiger charge is 2.19. The van der Waals surface area contributed by atoms with Crippen LogP contribution in [-0.4, -0.2) is 37.3 Å². The summed E-state index contributed by atoms with van der Waals surface area (Å²) in [7, 11) is 3.37. The SMILES string of the molecule is CNN(C)[NH+]([O-])NCC(C)(C)NNC(C)C. The van der Waals surface area contributed by atoms with E-state index in [0.29, 0.717) is 12.6 Å². The maximum Gasteiger partial charge on any atom is 0.0659 e. The highest BCUT2D eigenvalue weighted by Crippen LogP contribution is 1.96. The zero-order valence-corrected chi connectivity index (χ0v) is 11.1. The van der Waals surface area contributed by atoms with Gasteiger partial charge >= 0.3 is 0 Å². The molecule has 7 nitrogen and oxygen atoms in total. The minimum absolute atomic E-state index is 0.151. The van der Waals surface area contributed by atoms with Crippen LogP contribution in [0.1, 0.15) is 27.7 Å². The Hall–Kier alpha value is -0.280. The summed E-state index contributed by atoms with van der Waals surface area (Å²) in [5, 5.41) is 12.7. The lowest BCUT2D eigenvalue weighted by atomic mass is 10.1. The van der Waals surface area contributed by atoms with E-state index in [0.717, 1.165) is 0 Å². The number of hydrazine groups is 2. The van der Waals surface area contributed by atoms with Crippen molar-refractivity contribution in [1.82, 2.24) is 26.8 Å². The van der Waals surface area contributed by atoms with Gasteiger partial charge in [0.05, 0.1) is 13.6 Å². The first-order valence-electron chi connectivity index (χ1n) is 5.50. The van der Waals surface area contributed by atoms with E-state index < -0.39 is 0 Å². The molecule has 0 saturated carbocycles. The molecule has 0 amide bonds. The van der Waals surface area contributed by atoms with E-state index in [2.05, 4.69) is 35.6 Å². The van der Waals surface area contributed by atoms with Crippen molar-refractivity contribution >= 4 is 0 Å². The van der Waals surface area contributed by atoms with Gasteiger partial charge in [-0.2, -0.15) is 5.28 Å². The van der Waals surface area contributed by atoms with Crippen molar-refractivity contribution in [2.24, 2.45) is 0 Å². The van der Waals surface area contributed by atoms with E-state index in [1.165, 1.54) is 5.12 Å². The summed E-state index contributed by atoms with van der Waals surface area (Å²) in [5.41, 5.74) is 11.6. The van der Waals surface area contributed by atoms with E-state index in [4.69, 9.17) is 0 Å². The van der Waals surface area contributed by atoms with Crippen molar-refractivity contribution in [3.05, 3.63) is 5.21 Å². The Bertz CT molecular complexity index is 187. The summed E-state index contributed by atoms with van der Waals surface area (Å²) in [4.78, 5) is 0. The number of nitrogens with zero attached hydrogens (tertiary/aromatic N) is 1. The predicted octanol–water partition coefficient (Wildman–Crippen LogP) is -1.86. The molecular formula is C9H26N6O. The molecule has 0 saturated heterocycles. The highest BCUT2D eigenvalue weighted by atomic mass is 16.6. The quantitative estimate of drug-likeness (QED) is 0.317. The summed E-state index contributed by atoms with van der Waals surface area (Å²) in [6, 6.07) is 0.356. The van der Waals surface area contributed by atoms with Crippen LogP contribution in [0.15, 0.2) is 0 Å². The van der Waals surface area contributed by atoms with Gasteiger partial charge in [-0.3, -0.25) is 10.9 Å². The second-order valence-electron chi connectivity index (χ2n) is 4.75. The Labute approximate surface area is 98.0 Å². The van der Waals surface area contributed by atoms with E-state index in [1.807, 2.05) is 13.8 Å². The normalized spacial score (nSPS) is 14.8. The molecule has 0 aliphatic heterocycles. The summed E-state index contributed by atoms with van der Waals surface area (Å²) >= 11 is 0. The fourth-order valence-electron chi connectivity index (χ4n) is 0.901. The first-order chi connectivity index (χ1) is 7.28. The van der Waals surface area contributed by atoms with E-state index in [9.17, 15) is 5.21 Å². The molecule has 7 heteroatoms. The van der Waals surface area contributed by atoms with Crippen molar-refractivity contribution in [2.75, 3.05) is 20.6 Å². The van der Waals surface area contributed by atoms with Crippen LogP contribution in [0, 0.1) is 5.21 Å². The second-order valence-corrected chi connectivity index (χ2v) is 4.75. The maximum absolute atomic E-state index is 11.5. The molecule has 1 atom stereocenters. The Kier molecular flexibility index (Phi) is 7.00. The fourth-order valence-corrected chi connectivity index (χ4v) is 0.901. The molecule has 0 rings (SSSR count). The number of hydrogen-bond donors (Lipinski definition) is 5. The number of hydrogen-bond acceptors (Lipinski definition) is 6. The van der Waals surface area contributed by atoms with Crippen LogP contribution in [0.5, 0.6) is 0 Å². The molecule has 0 aromatic rings. The molecule has 0 aliphatic rings. The lowest BCUT2D eigenvalue weighted by Gasteiger charge is -2.34. The van der Waals surface area contributed by atoms with Crippen molar-refractivity contribution < 1.29 is 5.28 Å². The lowest BCUT2D eigenvalue weighted by Crippen LogP contribution is -3.21. The smallest absolute Gasteiger partial charge is 0.0659 e. The molecule has 1 unspecified atom stereocenters. The highest BCUT2D eigenvalue weighted by molar-refractivity contribution is 4.76. The second kappa shape index (κ2) is 7.13. The maximum atomic E-state index is 11.5. The molecule has 0 aromatic carbocycles. The molecule has 0 spiro atoms. The van der Waals surface area contributed by atoms with Crippen LogP contribution in [0.4, 0.5) is 0 Å². The van der Waals surface area contributed by atoms with Crippen LogP contribution in [0.3, 0.4) is 0 Å². The molecule has 16 heavy (non-hydrogen) atoms. The first kappa shape index (κ1) is 15.7. The summed E-state index contributed by atoms with van der Waals surface area (Å²) in [6.07, 6.45) is 0. The van der Waals surface area contributed by atoms with Gasteiger partial charge < -0.3 is 5.21 Å². The molecule has 0 heterocycles. The third kappa shape index (κ3) is 7.07. The predicted molar refractivity (Wildman–Crippen MR) is 64.6 cm³/mol. The third-order valence-corrected chi connectivity index (χ3v) is 2.02. The van der Waals surface area contributed by atoms with Crippen LogP contribution in [0.25, 0.3) is 0 Å². The van der Waals surface area contributed by atoms with Gasteiger partial charge in [0.25, 0.3) is 0 Å². The van der Waals surface area contributed by atoms with Gasteiger partial charge in [0.2, 0.25) is 0 Å². The van der Waals surface area contributed by atoms with Crippen molar-refractivity contribution in [3.8, 4) is 0 Å². The van der Waals surface area contributed by atoms with Crippen LogP contribution >= 0.6 is 0 Å². The number of quaternary nitrogens is 1. The molecule has 0 radical (unpaired) electrons. The Balaban J connectivity index is 3.88. The molecule has 5 N–H and O–H groups in total. The topological polar surface area (TPSA) is 78.9 Å². The van der Waals surface area contributed by atoms with E-state index >= 15 is 0 Å². The average Bonchev–Trinajstić information content (AvgIpc) is 2.22. The van der Waals surface area contributed by atoms with Gasteiger partial charge in [0.15, 0.2) is 0 Å². The van der Waals surface area contributed by atoms with Crippen LogP contribution in [0.2, 0.25) is 0 Å². The van der Waals surface area contributed by atoms with E-state index in [-0.39, 0.29) is 10.8 Å². The molecule has 0 aromatic heterocycles. The summed E-state index contributed by atoms with van der Waals surface area (Å²) in [5.74, 6) is 0. The Morgan fingerprint density at radius 3 is 2.38 bits per heavy atom. The Morgan fingerprint density at radius 1 is 1.38 bits per heavy atom. The van der Waals surface area contributed by atoms with Crippen LogP contribution in [-0.2, 0) is 0 Å². The van der Waals surface area contributed by atoms with Crippen molar-refractivity contribution in [1.29, 1.82) is 0 Å². The van der Waals surface area contributed by atoms with Gasteiger partial charge in [-0.05, 0) is 27.7 Å². The van der Waals surface area contributed by atoms with Gasteiger partial charge in [0, 0.05) is 18.6 Å². The number of rotatable bonds is 8. The minimum Gasteiger partial charge on any atom is -0.592 e. The molecule has 0 bridgehead atoms. The van der Waals surface area contributed by atoms with Gasteiger partial charge in [-0.1, -0.05) is 5.12 Å². The molecule has 0 aliphatic carbocycles. The van der Waals surface area contributed by atoms with Crippen molar-refractivity contribution in [3.63, 3.8) is 0 Å². The van der Waals surface area contributed by atoms with Gasteiger partial charge in [-0.15, -0.1) is 5.43 Å². The number of nitrogens with one attached hydrogen (secondary N) is 5. The Morgan fingerprint density at radius 2 is 1.94 bits per heavy atom. The largest absolute Gasteiger partial charge is 0.592 e. The average molecular weight is 234 g/mol. The third-order valence-electron chi connectivity index (χ3n) is 2.02. The fraction of sp³-hybridized carbons (Fsp3) is 1.00. The lowest BCUT2D eigenvalue weighted by molar-refractivity contribution is -1.02. The van der Waals surface area contributed by atoms with E-state index in [1.54, 1.807) is 14.1 Å². The first-order valence-corrected chi connectivity index (χ1v) is 5.50. The standard InChI is InChI=1S/C9H26N6O/c1-8(2)12-13-9(3,4)7-11-15(16)14(6)10-5/h8,10-13,15H,7H2,1-6H3. The summed E-state index contributed by atoms with van der Waals surface area (Å²) in [6.45, 7) is 8.68. The zero-order valence-electron chi connectivity index (χ0n) is 11.1. The minimum atomic E-state index is -0.200. The molecule has 0 fully saturated rings. The van der Waals surface area contributed by atoms with Gasteiger partial charge in [0.1, 0.15) is 0 Å². The molecular weight excluding hydrogens is 208 g/mol. The summed E-state index contributed by atoms with van der Waals surface area (Å²) < 4.78 is 0.